The van der Waals surface area contributed by atoms with Crippen molar-refractivity contribution >= 4 is 5.95 Å². The molecule has 2 rings (SSSR count). The highest BCUT2D eigenvalue weighted by molar-refractivity contribution is 5.30. The Morgan fingerprint density at radius 1 is 1.47 bits per heavy atom. The molecule has 1 aromatic heterocycles. The lowest BCUT2D eigenvalue weighted by molar-refractivity contribution is 0.122. The smallest absolute Gasteiger partial charge is 0.252 e. The molecule has 0 aliphatic carbocycles. The zero-order valence-electron chi connectivity index (χ0n) is 11.6. The van der Waals surface area contributed by atoms with Crippen LogP contribution >= 0.6 is 0 Å². The molecular formula is C13H22N4O2. The van der Waals surface area contributed by atoms with Crippen LogP contribution in [-0.4, -0.2) is 42.8 Å². The lowest BCUT2D eigenvalue weighted by atomic mass is 10.2. The molecule has 19 heavy (non-hydrogen) atoms. The molecule has 1 saturated heterocycles. The minimum atomic E-state index is -0.0992. The van der Waals surface area contributed by atoms with Crippen molar-refractivity contribution < 1.29 is 4.74 Å². The van der Waals surface area contributed by atoms with Crippen molar-refractivity contribution in [2.24, 2.45) is 5.92 Å². The number of morpholine rings is 1. The first-order chi connectivity index (χ1) is 9.15. The van der Waals surface area contributed by atoms with Gasteiger partial charge in [-0.2, -0.15) is 0 Å². The van der Waals surface area contributed by atoms with Crippen molar-refractivity contribution in [1.29, 1.82) is 0 Å². The third-order valence-electron chi connectivity index (χ3n) is 2.95. The minimum absolute atomic E-state index is 0.0992. The van der Waals surface area contributed by atoms with Crippen molar-refractivity contribution in [3.05, 3.63) is 22.1 Å². The van der Waals surface area contributed by atoms with Crippen LogP contribution in [0.3, 0.4) is 0 Å². The Bertz CT molecular complexity index is 452. The number of aromatic nitrogens is 2. The fourth-order valence-corrected chi connectivity index (χ4v) is 2.00. The summed E-state index contributed by atoms with van der Waals surface area (Å²) in [4.78, 5) is 21.0. The Morgan fingerprint density at radius 3 is 2.89 bits per heavy atom. The molecule has 1 fully saturated rings. The maximum atomic E-state index is 11.7. The molecule has 1 aromatic rings. The molecule has 0 radical (unpaired) electrons. The van der Waals surface area contributed by atoms with E-state index >= 15 is 0 Å². The Kier molecular flexibility index (Phi) is 4.93. The number of nitrogens with one attached hydrogen (secondary N) is 2. The Morgan fingerprint density at radius 2 is 2.21 bits per heavy atom. The van der Waals surface area contributed by atoms with E-state index in [9.17, 15) is 4.79 Å². The molecule has 1 aliphatic heterocycles. The third kappa shape index (κ3) is 4.33. The molecule has 6 heteroatoms. The number of hydrogen-bond donors (Lipinski definition) is 2. The molecule has 0 bridgehead atoms. The van der Waals surface area contributed by atoms with Crippen molar-refractivity contribution in [1.82, 2.24) is 15.3 Å². The molecule has 0 saturated carbocycles. The summed E-state index contributed by atoms with van der Waals surface area (Å²) in [6, 6.07) is 1.55. The van der Waals surface area contributed by atoms with Gasteiger partial charge in [0, 0.05) is 25.7 Å². The summed E-state index contributed by atoms with van der Waals surface area (Å²) in [7, 11) is 0. The van der Waals surface area contributed by atoms with Gasteiger partial charge in [-0.25, -0.2) is 4.98 Å². The fraction of sp³-hybridized carbons (Fsp3) is 0.692. The zero-order valence-corrected chi connectivity index (χ0v) is 11.6. The van der Waals surface area contributed by atoms with Crippen LogP contribution in [0, 0.1) is 5.92 Å². The van der Waals surface area contributed by atoms with Gasteiger partial charge < -0.3 is 15.0 Å². The van der Waals surface area contributed by atoms with Crippen molar-refractivity contribution in [3.8, 4) is 0 Å². The van der Waals surface area contributed by atoms with Gasteiger partial charge in [-0.05, 0) is 12.5 Å². The summed E-state index contributed by atoms with van der Waals surface area (Å²) in [6.45, 7) is 8.74. The highest BCUT2D eigenvalue weighted by Crippen LogP contribution is 2.08. The maximum Gasteiger partial charge on any atom is 0.252 e. The van der Waals surface area contributed by atoms with Gasteiger partial charge in [-0.1, -0.05) is 13.8 Å². The monoisotopic (exact) mass is 266 g/mol. The van der Waals surface area contributed by atoms with Crippen LogP contribution in [0.5, 0.6) is 0 Å². The molecular weight excluding hydrogens is 244 g/mol. The normalized spacial score (nSPS) is 16.1. The van der Waals surface area contributed by atoms with E-state index in [0.717, 1.165) is 25.3 Å². The fourth-order valence-electron chi connectivity index (χ4n) is 2.00. The van der Waals surface area contributed by atoms with E-state index in [1.807, 2.05) is 0 Å². The molecule has 0 aromatic carbocycles. The largest absolute Gasteiger partial charge is 0.378 e. The Hall–Kier alpha value is -1.40. The summed E-state index contributed by atoms with van der Waals surface area (Å²) in [5.74, 6) is 1.23. The predicted octanol–water partition coefficient (Wildman–Crippen LogP) is 0.352. The number of rotatable bonds is 5. The minimum Gasteiger partial charge on any atom is -0.378 e. The van der Waals surface area contributed by atoms with Crippen LogP contribution in [-0.2, 0) is 11.3 Å². The third-order valence-corrected chi connectivity index (χ3v) is 2.95. The molecule has 106 valence electrons. The molecule has 0 amide bonds. The standard InChI is InChI=1S/C13H22N4O2/c1-10(2)8-14-9-11-7-12(18)16-13(15-11)17-3-5-19-6-4-17/h7,10,14H,3-6,8-9H2,1-2H3,(H,15,16,18). The highest BCUT2D eigenvalue weighted by atomic mass is 16.5. The first-order valence-corrected chi connectivity index (χ1v) is 6.79. The van der Waals surface area contributed by atoms with Crippen LogP contribution < -0.4 is 15.8 Å². The molecule has 2 heterocycles. The van der Waals surface area contributed by atoms with Gasteiger partial charge in [0.25, 0.3) is 5.56 Å². The number of anilines is 1. The Labute approximate surface area is 113 Å². The number of nitrogens with zero attached hydrogens (tertiary/aromatic N) is 2. The lowest BCUT2D eigenvalue weighted by Crippen LogP contribution is -2.38. The molecule has 0 unspecified atom stereocenters. The van der Waals surface area contributed by atoms with E-state index in [4.69, 9.17) is 4.74 Å². The quantitative estimate of drug-likeness (QED) is 0.805. The van der Waals surface area contributed by atoms with E-state index in [2.05, 4.69) is 34.0 Å². The van der Waals surface area contributed by atoms with E-state index in [1.165, 1.54) is 0 Å². The first-order valence-electron chi connectivity index (χ1n) is 6.79. The van der Waals surface area contributed by atoms with Crippen LogP contribution in [0.4, 0.5) is 5.95 Å². The number of ether oxygens (including phenoxy) is 1. The SMILES string of the molecule is CC(C)CNCc1cc(=O)[nH]c(N2CCOCC2)n1. The number of aromatic amines is 1. The topological polar surface area (TPSA) is 70.2 Å². The Balaban J connectivity index is 2.03. The van der Waals surface area contributed by atoms with Crippen molar-refractivity contribution in [3.63, 3.8) is 0 Å². The van der Waals surface area contributed by atoms with Gasteiger partial charge in [-0.3, -0.25) is 9.78 Å². The van der Waals surface area contributed by atoms with Crippen molar-refractivity contribution in [2.45, 2.75) is 20.4 Å². The van der Waals surface area contributed by atoms with Gasteiger partial charge in [0.1, 0.15) is 0 Å². The molecule has 6 nitrogen and oxygen atoms in total. The van der Waals surface area contributed by atoms with Crippen molar-refractivity contribution in [2.75, 3.05) is 37.7 Å². The van der Waals surface area contributed by atoms with Gasteiger partial charge in [0.15, 0.2) is 0 Å². The number of H-pyrrole nitrogens is 1. The zero-order chi connectivity index (χ0) is 13.7. The number of hydrogen-bond acceptors (Lipinski definition) is 5. The van der Waals surface area contributed by atoms with Gasteiger partial charge in [-0.15, -0.1) is 0 Å². The summed E-state index contributed by atoms with van der Waals surface area (Å²) in [5, 5.41) is 3.30. The molecule has 0 atom stereocenters. The maximum absolute atomic E-state index is 11.7. The van der Waals surface area contributed by atoms with Gasteiger partial charge in [0.05, 0.1) is 18.9 Å². The van der Waals surface area contributed by atoms with E-state index in [0.29, 0.717) is 31.6 Å². The van der Waals surface area contributed by atoms with E-state index in [-0.39, 0.29) is 5.56 Å². The average molecular weight is 266 g/mol. The van der Waals surface area contributed by atoms with Crippen LogP contribution in [0.25, 0.3) is 0 Å². The van der Waals surface area contributed by atoms with Crippen LogP contribution in [0.15, 0.2) is 10.9 Å². The second-order valence-corrected chi connectivity index (χ2v) is 5.18. The second-order valence-electron chi connectivity index (χ2n) is 5.18. The summed E-state index contributed by atoms with van der Waals surface area (Å²) in [6.07, 6.45) is 0. The second kappa shape index (κ2) is 6.68. The molecule has 2 N–H and O–H groups in total. The predicted molar refractivity (Wildman–Crippen MR) is 74.4 cm³/mol. The van der Waals surface area contributed by atoms with Crippen LogP contribution in [0.1, 0.15) is 19.5 Å². The van der Waals surface area contributed by atoms with Gasteiger partial charge >= 0.3 is 0 Å². The first kappa shape index (κ1) is 14.0. The average Bonchev–Trinajstić information content (AvgIpc) is 2.39. The lowest BCUT2D eigenvalue weighted by Gasteiger charge is -2.27. The van der Waals surface area contributed by atoms with E-state index in [1.54, 1.807) is 6.07 Å². The molecule has 0 spiro atoms. The highest BCUT2D eigenvalue weighted by Gasteiger charge is 2.14. The summed E-state index contributed by atoms with van der Waals surface area (Å²) < 4.78 is 5.30. The van der Waals surface area contributed by atoms with E-state index < -0.39 is 0 Å². The van der Waals surface area contributed by atoms with Crippen LogP contribution in [0.2, 0.25) is 0 Å². The summed E-state index contributed by atoms with van der Waals surface area (Å²) in [5.41, 5.74) is 0.684. The van der Waals surface area contributed by atoms with Gasteiger partial charge in [0.2, 0.25) is 5.95 Å². The molecule has 1 aliphatic rings. The summed E-state index contributed by atoms with van der Waals surface area (Å²) >= 11 is 0.